The first-order chi connectivity index (χ1) is 8.70. The van der Waals surface area contributed by atoms with Crippen LogP contribution in [0.5, 0.6) is 5.75 Å². The molecule has 0 bridgehead atoms. The monoisotopic (exact) mass is 311 g/mol. The van der Waals surface area contributed by atoms with Gasteiger partial charge in [-0.15, -0.1) is 0 Å². The Hall–Kier alpha value is -0.540. The molecule has 0 aromatic heterocycles. The molecule has 1 atom stereocenters. The molecule has 1 aromatic carbocycles. The van der Waals surface area contributed by atoms with Crippen LogP contribution in [0.4, 0.5) is 0 Å². The lowest BCUT2D eigenvalue weighted by atomic mass is 10.1. The van der Waals surface area contributed by atoms with Gasteiger partial charge in [-0.2, -0.15) is 0 Å². The lowest BCUT2D eigenvalue weighted by Gasteiger charge is -2.16. The molecule has 1 fully saturated rings. The Morgan fingerprint density at radius 2 is 2.22 bits per heavy atom. The van der Waals surface area contributed by atoms with Crippen LogP contribution in [0.15, 0.2) is 22.7 Å². The van der Waals surface area contributed by atoms with Crippen LogP contribution in [0.3, 0.4) is 0 Å². The molecule has 0 heterocycles. The van der Waals surface area contributed by atoms with Crippen molar-refractivity contribution in [1.29, 1.82) is 0 Å². The zero-order chi connectivity index (χ0) is 13.0. The lowest BCUT2D eigenvalue weighted by molar-refractivity contribution is 0.312. The van der Waals surface area contributed by atoms with E-state index in [4.69, 9.17) is 4.74 Å². The number of hydrogen-bond donors (Lipinski definition) is 1. The van der Waals surface area contributed by atoms with E-state index >= 15 is 0 Å². The third-order valence-corrected chi connectivity index (χ3v) is 3.92. The van der Waals surface area contributed by atoms with Gasteiger partial charge in [0.05, 0.1) is 6.61 Å². The van der Waals surface area contributed by atoms with Crippen LogP contribution in [0.25, 0.3) is 0 Å². The van der Waals surface area contributed by atoms with E-state index in [0.717, 1.165) is 35.7 Å². The van der Waals surface area contributed by atoms with Gasteiger partial charge < -0.3 is 10.1 Å². The Morgan fingerprint density at radius 3 is 2.89 bits per heavy atom. The normalized spacial score (nSPS) is 16.6. The average Bonchev–Trinajstić information content (AvgIpc) is 3.19. The lowest BCUT2D eigenvalue weighted by Crippen LogP contribution is -2.27. The quantitative estimate of drug-likeness (QED) is 0.817. The van der Waals surface area contributed by atoms with Gasteiger partial charge in [-0.25, -0.2) is 0 Å². The molecule has 1 N–H and O–H groups in total. The van der Waals surface area contributed by atoms with Crippen LogP contribution in [0, 0.1) is 5.92 Å². The van der Waals surface area contributed by atoms with Crippen LogP contribution in [-0.2, 0) is 6.54 Å². The Bertz CT molecular complexity index is 390. The second-order valence-corrected chi connectivity index (χ2v) is 6.02. The highest BCUT2D eigenvalue weighted by molar-refractivity contribution is 9.10. The summed E-state index contributed by atoms with van der Waals surface area (Å²) in [4.78, 5) is 0. The summed E-state index contributed by atoms with van der Waals surface area (Å²) in [6, 6.07) is 6.86. The number of hydrogen-bond acceptors (Lipinski definition) is 2. The van der Waals surface area contributed by atoms with Crippen LogP contribution in [0.2, 0.25) is 0 Å². The molecule has 1 aliphatic carbocycles. The van der Waals surface area contributed by atoms with E-state index in [1.165, 1.54) is 18.4 Å². The second-order valence-electron chi connectivity index (χ2n) is 5.11. The molecule has 1 saturated carbocycles. The van der Waals surface area contributed by atoms with Gasteiger partial charge in [-0.3, -0.25) is 0 Å². The van der Waals surface area contributed by atoms with E-state index in [1.54, 1.807) is 0 Å². The average molecular weight is 312 g/mol. The van der Waals surface area contributed by atoms with Crippen molar-refractivity contribution in [3.05, 3.63) is 28.2 Å². The molecular formula is C15H22BrNO. The summed E-state index contributed by atoms with van der Waals surface area (Å²) in [5, 5.41) is 3.60. The van der Waals surface area contributed by atoms with Crippen molar-refractivity contribution in [2.45, 2.75) is 45.7 Å². The SMILES string of the molecule is CCCOc1ccc(Br)cc1CNC(C)C1CC1. The van der Waals surface area contributed by atoms with Crippen LogP contribution in [-0.4, -0.2) is 12.6 Å². The number of ether oxygens (including phenoxy) is 1. The summed E-state index contributed by atoms with van der Waals surface area (Å²) in [6.07, 6.45) is 3.80. The maximum absolute atomic E-state index is 5.79. The Morgan fingerprint density at radius 1 is 1.44 bits per heavy atom. The van der Waals surface area contributed by atoms with Crippen LogP contribution < -0.4 is 10.1 Å². The van der Waals surface area contributed by atoms with Crippen molar-refractivity contribution in [2.75, 3.05) is 6.61 Å². The highest BCUT2D eigenvalue weighted by atomic mass is 79.9. The van der Waals surface area contributed by atoms with Crippen LogP contribution >= 0.6 is 15.9 Å². The minimum absolute atomic E-state index is 0.614. The first kappa shape index (κ1) is 13.9. The molecule has 1 aromatic rings. The maximum Gasteiger partial charge on any atom is 0.123 e. The molecular weight excluding hydrogens is 290 g/mol. The third kappa shape index (κ3) is 3.99. The van der Waals surface area contributed by atoms with Gasteiger partial charge >= 0.3 is 0 Å². The Balaban J connectivity index is 1.96. The molecule has 2 rings (SSSR count). The molecule has 1 unspecified atom stereocenters. The van der Waals surface area contributed by atoms with Gasteiger partial charge in [-0.05, 0) is 50.3 Å². The molecule has 0 spiro atoms. The summed E-state index contributed by atoms with van der Waals surface area (Å²) in [5.41, 5.74) is 1.24. The van der Waals surface area contributed by atoms with Crippen molar-refractivity contribution in [2.24, 2.45) is 5.92 Å². The minimum atomic E-state index is 0.614. The van der Waals surface area contributed by atoms with Crippen molar-refractivity contribution < 1.29 is 4.74 Å². The highest BCUT2D eigenvalue weighted by Crippen LogP contribution is 2.32. The van der Waals surface area contributed by atoms with E-state index in [0.29, 0.717) is 6.04 Å². The molecule has 100 valence electrons. The molecule has 0 saturated heterocycles. The van der Waals surface area contributed by atoms with E-state index in [-0.39, 0.29) is 0 Å². The largest absolute Gasteiger partial charge is 0.493 e. The fraction of sp³-hybridized carbons (Fsp3) is 0.600. The number of benzene rings is 1. The summed E-state index contributed by atoms with van der Waals surface area (Å²) < 4.78 is 6.90. The van der Waals surface area contributed by atoms with Crippen molar-refractivity contribution in [3.8, 4) is 5.75 Å². The predicted octanol–water partition coefficient (Wildman–Crippen LogP) is 4.13. The minimum Gasteiger partial charge on any atom is -0.493 e. The Kier molecular flexibility index (Phi) is 5.07. The summed E-state index contributed by atoms with van der Waals surface area (Å²) >= 11 is 3.53. The molecule has 18 heavy (non-hydrogen) atoms. The van der Waals surface area contributed by atoms with Gasteiger partial charge in [-0.1, -0.05) is 22.9 Å². The van der Waals surface area contributed by atoms with E-state index < -0.39 is 0 Å². The fourth-order valence-electron chi connectivity index (χ4n) is 2.07. The first-order valence-corrected chi connectivity index (χ1v) is 7.64. The van der Waals surface area contributed by atoms with E-state index in [2.05, 4.69) is 47.2 Å². The van der Waals surface area contributed by atoms with Crippen LogP contribution in [0.1, 0.15) is 38.7 Å². The van der Waals surface area contributed by atoms with Gasteiger partial charge in [0.2, 0.25) is 0 Å². The van der Waals surface area contributed by atoms with Gasteiger partial charge in [0.15, 0.2) is 0 Å². The number of nitrogens with one attached hydrogen (secondary N) is 1. The predicted molar refractivity (Wildman–Crippen MR) is 79.0 cm³/mol. The second kappa shape index (κ2) is 6.58. The van der Waals surface area contributed by atoms with E-state index in [9.17, 15) is 0 Å². The molecule has 0 amide bonds. The summed E-state index contributed by atoms with van der Waals surface area (Å²) in [6.45, 7) is 6.08. The maximum atomic E-state index is 5.79. The van der Waals surface area contributed by atoms with Gasteiger partial charge in [0, 0.05) is 22.6 Å². The summed E-state index contributed by atoms with van der Waals surface area (Å²) in [7, 11) is 0. The molecule has 2 nitrogen and oxygen atoms in total. The molecule has 0 aliphatic heterocycles. The zero-order valence-corrected chi connectivity index (χ0v) is 12.8. The number of rotatable bonds is 7. The van der Waals surface area contributed by atoms with Gasteiger partial charge in [0.1, 0.15) is 5.75 Å². The fourth-order valence-corrected chi connectivity index (χ4v) is 2.48. The zero-order valence-electron chi connectivity index (χ0n) is 11.2. The highest BCUT2D eigenvalue weighted by Gasteiger charge is 2.27. The third-order valence-electron chi connectivity index (χ3n) is 3.43. The number of halogens is 1. The van der Waals surface area contributed by atoms with Gasteiger partial charge in [0.25, 0.3) is 0 Å². The standard InChI is InChI=1S/C15H22BrNO/c1-3-8-18-15-7-6-14(16)9-13(15)10-17-11(2)12-4-5-12/h6-7,9,11-12,17H,3-5,8,10H2,1-2H3. The molecule has 3 heteroatoms. The van der Waals surface area contributed by atoms with Crippen molar-refractivity contribution in [1.82, 2.24) is 5.32 Å². The van der Waals surface area contributed by atoms with E-state index in [1.807, 2.05) is 6.07 Å². The smallest absolute Gasteiger partial charge is 0.123 e. The first-order valence-electron chi connectivity index (χ1n) is 6.85. The Labute approximate surface area is 118 Å². The van der Waals surface area contributed by atoms with Crippen molar-refractivity contribution in [3.63, 3.8) is 0 Å². The molecule has 0 radical (unpaired) electrons. The molecule has 1 aliphatic rings. The summed E-state index contributed by atoms with van der Waals surface area (Å²) in [5.74, 6) is 1.90. The van der Waals surface area contributed by atoms with Crippen molar-refractivity contribution >= 4 is 15.9 Å². The topological polar surface area (TPSA) is 21.3 Å².